The third-order valence-corrected chi connectivity index (χ3v) is 2.48. The third-order valence-electron chi connectivity index (χ3n) is 1.38. The predicted molar refractivity (Wildman–Crippen MR) is 56.1 cm³/mol. The Morgan fingerprint density at radius 1 is 1.00 bits per heavy atom. The Labute approximate surface area is 94.9 Å². The number of hydrogen-bond acceptors (Lipinski definition) is 6. The van der Waals surface area contributed by atoms with E-state index < -0.39 is 7.82 Å². The zero-order valence-electron chi connectivity index (χ0n) is 9.33. The molecular formula is C8H19O7P. The second-order valence-electron chi connectivity index (χ2n) is 2.67. The maximum Gasteiger partial charge on any atom is 0.472 e. The van der Waals surface area contributed by atoms with Gasteiger partial charge in [0.25, 0.3) is 0 Å². The molecule has 0 heterocycles. The van der Waals surface area contributed by atoms with E-state index in [9.17, 15) is 4.57 Å². The van der Waals surface area contributed by atoms with Crippen molar-refractivity contribution in [1.29, 1.82) is 0 Å². The maximum atomic E-state index is 11.0. The van der Waals surface area contributed by atoms with Crippen molar-refractivity contribution < 1.29 is 33.1 Å². The van der Waals surface area contributed by atoms with Gasteiger partial charge in [0.15, 0.2) is 0 Å². The Balaban J connectivity index is 3.23. The molecule has 0 aliphatic heterocycles. The van der Waals surface area contributed by atoms with Crippen LogP contribution in [0.25, 0.3) is 0 Å². The van der Waals surface area contributed by atoms with Crippen LogP contribution in [0, 0.1) is 0 Å². The lowest BCUT2D eigenvalue weighted by Crippen LogP contribution is -2.10. The van der Waals surface area contributed by atoms with Crippen LogP contribution in [0.5, 0.6) is 0 Å². The third kappa shape index (κ3) is 10.5. The topological polar surface area (TPSA) is 94.5 Å². The monoisotopic (exact) mass is 258 g/mol. The molecule has 0 aromatic heterocycles. The van der Waals surface area contributed by atoms with E-state index in [0.717, 1.165) is 0 Å². The Morgan fingerprint density at radius 3 is 2.12 bits per heavy atom. The van der Waals surface area contributed by atoms with Crippen LogP contribution in [0.4, 0.5) is 0 Å². The van der Waals surface area contributed by atoms with Crippen LogP contribution in [-0.2, 0) is 23.1 Å². The minimum Gasteiger partial charge on any atom is -0.394 e. The van der Waals surface area contributed by atoms with Crippen molar-refractivity contribution in [1.82, 2.24) is 0 Å². The average Bonchev–Trinajstić information content (AvgIpc) is 2.22. The van der Waals surface area contributed by atoms with Crippen molar-refractivity contribution in [2.24, 2.45) is 0 Å². The lowest BCUT2D eigenvalue weighted by molar-refractivity contribution is 0.0203. The minimum absolute atomic E-state index is 0.0201. The number of aliphatic hydroxyl groups is 1. The summed E-state index contributed by atoms with van der Waals surface area (Å²) in [5.74, 6) is 0. The van der Waals surface area contributed by atoms with Crippen LogP contribution in [0.3, 0.4) is 0 Å². The van der Waals surface area contributed by atoms with Crippen molar-refractivity contribution in [3.05, 3.63) is 0 Å². The van der Waals surface area contributed by atoms with Crippen molar-refractivity contribution in [2.45, 2.75) is 6.92 Å². The molecule has 2 N–H and O–H groups in total. The molecule has 0 aromatic carbocycles. The molecule has 0 aliphatic carbocycles. The summed E-state index contributed by atoms with van der Waals surface area (Å²) in [4.78, 5) is 8.99. The largest absolute Gasteiger partial charge is 0.472 e. The van der Waals surface area contributed by atoms with Gasteiger partial charge in [0, 0.05) is 0 Å². The summed E-state index contributed by atoms with van der Waals surface area (Å²) in [6.45, 7) is 2.83. The lowest BCUT2D eigenvalue weighted by atomic mass is 10.7. The number of hydrogen-bond donors (Lipinski definition) is 2. The first kappa shape index (κ1) is 16.0. The van der Waals surface area contributed by atoms with Gasteiger partial charge in [-0.2, -0.15) is 0 Å². The Morgan fingerprint density at radius 2 is 1.56 bits per heavy atom. The van der Waals surface area contributed by atoms with E-state index in [1.54, 1.807) is 6.92 Å². The Hall–Kier alpha value is -0.0100. The molecule has 0 saturated heterocycles. The highest BCUT2D eigenvalue weighted by Crippen LogP contribution is 2.42. The second-order valence-corrected chi connectivity index (χ2v) is 4.12. The van der Waals surface area contributed by atoms with Gasteiger partial charge in [-0.05, 0) is 6.92 Å². The molecule has 1 atom stereocenters. The highest BCUT2D eigenvalue weighted by atomic mass is 31.2. The van der Waals surface area contributed by atoms with Gasteiger partial charge >= 0.3 is 7.82 Å². The van der Waals surface area contributed by atoms with E-state index >= 15 is 0 Å². The fourth-order valence-electron chi connectivity index (χ4n) is 0.798. The highest BCUT2D eigenvalue weighted by molar-refractivity contribution is 7.47. The van der Waals surface area contributed by atoms with Gasteiger partial charge in [0.2, 0.25) is 0 Å². The van der Waals surface area contributed by atoms with E-state index in [0.29, 0.717) is 13.2 Å². The predicted octanol–water partition coefficient (Wildman–Crippen LogP) is 0.165. The van der Waals surface area contributed by atoms with Crippen LogP contribution in [0.1, 0.15) is 6.92 Å². The molecule has 0 aliphatic rings. The second kappa shape index (κ2) is 10.2. The molecule has 7 nitrogen and oxygen atoms in total. The first-order chi connectivity index (χ1) is 7.62. The molecule has 8 heteroatoms. The van der Waals surface area contributed by atoms with Gasteiger partial charge in [0.05, 0.1) is 46.2 Å². The number of phosphoric ester groups is 1. The summed E-state index contributed by atoms with van der Waals surface area (Å²) < 4.78 is 30.0. The summed E-state index contributed by atoms with van der Waals surface area (Å²) in [7, 11) is -3.90. The summed E-state index contributed by atoms with van der Waals surface area (Å²) >= 11 is 0. The highest BCUT2D eigenvalue weighted by Gasteiger charge is 2.18. The summed E-state index contributed by atoms with van der Waals surface area (Å²) in [5, 5.41) is 8.39. The molecule has 0 bridgehead atoms. The van der Waals surface area contributed by atoms with Gasteiger partial charge < -0.3 is 19.5 Å². The summed E-state index contributed by atoms with van der Waals surface area (Å²) in [6, 6.07) is 0. The first-order valence-electron chi connectivity index (χ1n) is 5.00. The molecule has 0 saturated carbocycles. The fraction of sp³-hybridized carbons (Fsp3) is 1.00. The number of aliphatic hydroxyl groups excluding tert-OH is 1. The SMILES string of the molecule is CCOP(=O)(O)OCCOCCOCCO. The number of ether oxygens (including phenoxy) is 2. The van der Waals surface area contributed by atoms with E-state index in [2.05, 4.69) is 9.05 Å². The fourth-order valence-corrected chi connectivity index (χ4v) is 1.50. The van der Waals surface area contributed by atoms with E-state index in [1.165, 1.54) is 0 Å². The zero-order chi connectivity index (χ0) is 12.3. The maximum absolute atomic E-state index is 11.0. The normalized spacial score (nSPS) is 14.9. The van der Waals surface area contributed by atoms with Gasteiger partial charge in [0.1, 0.15) is 0 Å². The Kier molecular flexibility index (Phi) is 10.2. The zero-order valence-corrected chi connectivity index (χ0v) is 10.2. The van der Waals surface area contributed by atoms with Gasteiger partial charge in [-0.15, -0.1) is 0 Å². The van der Waals surface area contributed by atoms with Gasteiger partial charge in [-0.1, -0.05) is 0 Å². The molecule has 0 rings (SSSR count). The number of rotatable bonds is 11. The van der Waals surface area contributed by atoms with E-state index in [4.69, 9.17) is 19.5 Å². The van der Waals surface area contributed by atoms with Crippen LogP contribution < -0.4 is 0 Å². The molecular weight excluding hydrogens is 239 g/mol. The summed E-state index contributed by atoms with van der Waals surface area (Å²) in [5.41, 5.74) is 0. The molecule has 98 valence electrons. The Bertz CT molecular complexity index is 199. The van der Waals surface area contributed by atoms with E-state index in [1.807, 2.05) is 0 Å². The van der Waals surface area contributed by atoms with Crippen molar-refractivity contribution in [3.63, 3.8) is 0 Å². The molecule has 16 heavy (non-hydrogen) atoms. The average molecular weight is 258 g/mol. The minimum atomic E-state index is -3.90. The van der Waals surface area contributed by atoms with Crippen LogP contribution >= 0.6 is 7.82 Å². The van der Waals surface area contributed by atoms with Crippen molar-refractivity contribution in [2.75, 3.05) is 46.2 Å². The standard InChI is InChI=1S/C8H19O7P/c1-2-14-16(10,11)15-8-7-13-6-5-12-4-3-9/h9H,2-8H2,1H3,(H,10,11). The van der Waals surface area contributed by atoms with Crippen molar-refractivity contribution in [3.8, 4) is 0 Å². The molecule has 0 spiro atoms. The quantitative estimate of drug-likeness (QED) is 0.403. The van der Waals surface area contributed by atoms with E-state index in [-0.39, 0.29) is 33.0 Å². The first-order valence-corrected chi connectivity index (χ1v) is 6.50. The van der Waals surface area contributed by atoms with Gasteiger partial charge in [-0.3, -0.25) is 9.05 Å². The van der Waals surface area contributed by atoms with Crippen molar-refractivity contribution >= 4 is 7.82 Å². The number of phosphoric acid groups is 1. The molecule has 0 fully saturated rings. The molecule has 0 amide bonds. The van der Waals surface area contributed by atoms with Crippen LogP contribution in [0.2, 0.25) is 0 Å². The molecule has 0 radical (unpaired) electrons. The summed E-state index contributed by atoms with van der Waals surface area (Å²) in [6.07, 6.45) is 0. The smallest absolute Gasteiger partial charge is 0.394 e. The molecule has 1 unspecified atom stereocenters. The lowest BCUT2D eigenvalue weighted by Gasteiger charge is -2.10. The van der Waals surface area contributed by atoms with Gasteiger partial charge in [-0.25, -0.2) is 4.57 Å². The van der Waals surface area contributed by atoms with Crippen LogP contribution in [0.15, 0.2) is 0 Å². The van der Waals surface area contributed by atoms with Crippen LogP contribution in [-0.4, -0.2) is 56.2 Å². The molecule has 0 aromatic rings.